The third-order valence-electron chi connectivity index (χ3n) is 6.15. The summed E-state index contributed by atoms with van der Waals surface area (Å²) >= 11 is 0. The summed E-state index contributed by atoms with van der Waals surface area (Å²) in [5.41, 5.74) is 3.25. The summed E-state index contributed by atoms with van der Waals surface area (Å²) in [5.74, 6) is 0.0584. The number of morpholine rings is 1. The van der Waals surface area contributed by atoms with E-state index in [4.69, 9.17) is 14.6 Å². The molecule has 0 spiro atoms. The molecule has 1 N–H and O–H groups in total. The molecule has 1 aromatic heterocycles. The molecule has 0 bridgehead atoms. The summed E-state index contributed by atoms with van der Waals surface area (Å²) in [6, 6.07) is 14.5. The highest BCUT2D eigenvalue weighted by molar-refractivity contribution is 5.91. The van der Waals surface area contributed by atoms with Gasteiger partial charge in [-0.3, -0.25) is 9.69 Å². The summed E-state index contributed by atoms with van der Waals surface area (Å²) in [7, 11) is 0. The molecule has 1 amide bonds. The van der Waals surface area contributed by atoms with Gasteiger partial charge >= 0.3 is 0 Å². The zero-order chi connectivity index (χ0) is 25.7. The number of benzene rings is 2. The highest BCUT2D eigenvalue weighted by atomic mass is 19.1. The number of hydrogen-bond donors (Lipinski definition) is 1. The van der Waals surface area contributed by atoms with Crippen molar-refractivity contribution in [2.75, 3.05) is 44.8 Å². The zero-order valence-electron chi connectivity index (χ0n) is 21.5. The third kappa shape index (κ3) is 6.71. The van der Waals surface area contributed by atoms with Gasteiger partial charge in [-0.1, -0.05) is 44.5 Å². The molecule has 7 nitrogen and oxygen atoms in total. The van der Waals surface area contributed by atoms with E-state index in [2.05, 4.69) is 31.0 Å². The van der Waals surface area contributed by atoms with Crippen LogP contribution in [0.15, 0.2) is 48.5 Å². The van der Waals surface area contributed by atoms with Crippen molar-refractivity contribution in [3.8, 4) is 11.4 Å². The number of amides is 1. The van der Waals surface area contributed by atoms with Crippen molar-refractivity contribution in [3.05, 3.63) is 71.2 Å². The quantitative estimate of drug-likeness (QED) is 0.499. The highest BCUT2D eigenvalue weighted by Gasteiger charge is 2.22. The average Bonchev–Trinajstić information content (AvgIpc) is 3.26. The highest BCUT2D eigenvalue weighted by Crippen LogP contribution is 2.27. The molecule has 0 saturated carbocycles. The summed E-state index contributed by atoms with van der Waals surface area (Å²) < 4.78 is 27.3. The Morgan fingerprint density at radius 3 is 2.50 bits per heavy atom. The van der Waals surface area contributed by atoms with E-state index < -0.39 is 5.82 Å². The van der Waals surface area contributed by atoms with Gasteiger partial charge in [0, 0.05) is 31.1 Å². The van der Waals surface area contributed by atoms with E-state index >= 15 is 0 Å². The van der Waals surface area contributed by atoms with Gasteiger partial charge in [0.1, 0.15) is 12.4 Å². The second-order valence-electron chi connectivity index (χ2n) is 10.2. The number of carbonyl (C=O) groups is 1. The number of nitrogens with one attached hydrogen (secondary N) is 1. The van der Waals surface area contributed by atoms with Crippen LogP contribution >= 0.6 is 0 Å². The number of aromatic nitrogens is 2. The monoisotopic (exact) mass is 494 g/mol. The van der Waals surface area contributed by atoms with Crippen LogP contribution < -0.4 is 10.1 Å². The Morgan fingerprint density at radius 1 is 1.11 bits per heavy atom. The molecule has 0 aliphatic carbocycles. The van der Waals surface area contributed by atoms with Crippen molar-refractivity contribution in [3.63, 3.8) is 0 Å². The van der Waals surface area contributed by atoms with Crippen LogP contribution in [0.3, 0.4) is 0 Å². The van der Waals surface area contributed by atoms with E-state index in [0.717, 1.165) is 36.6 Å². The third-order valence-corrected chi connectivity index (χ3v) is 6.15. The molecule has 2 heterocycles. The van der Waals surface area contributed by atoms with Crippen molar-refractivity contribution >= 4 is 11.7 Å². The van der Waals surface area contributed by atoms with E-state index in [1.807, 2.05) is 37.3 Å². The number of anilines is 1. The van der Waals surface area contributed by atoms with Crippen LogP contribution in [0.5, 0.6) is 5.75 Å². The molecule has 3 aromatic rings. The first-order valence-electron chi connectivity index (χ1n) is 12.4. The fourth-order valence-electron chi connectivity index (χ4n) is 3.97. The van der Waals surface area contributed by atoms with E-state index in [1.165, 1.54) is 6.07 Å². The molecule has 2 aromatic carbocycles. The molecule has 192 valence electrons. The fraction of sp³-hybridized carbons (Fsp3) is 0.429. The molecule has 1 aliphatic heterocycles. The van der Waals surface area contributed by atoms with Crippen LogP contribution in [0.4, 0.5) is 10.2 Å². The molecule has 4 rings (SSSR count). The molecule has 8 heteroatoms. The Bertz CT molecular complexity index is 1180. The number of hydrogen-bond acceptors (Lipinski definition) is 5. The summed E-state index contributed by atoms with van der Waals surface area (Å²) in [6.45, 7) is 12.5. The maximum atomic E-state index is 14.6. The number of rotatable bonds is 8. The minimum absolute atomic E-state index is 0.0366. The maximum absolute atomic E-state index is 14.6. The van der Waals surface area contributed by atoms with Crippen LogP contribution in [-0.2, 0) is 21.4 Å². The Hall–Kier alpha value is -3.23. The van der Waals surface area contributed by atoms with Gasteiger partial charge in [-0.15, -0.1) is 0 Å². The van der Waals surface area contributed by atoms with Gasteiger partial charge in [-0.05, 0) is 36.8 Å². The Balaban J connectivity index is 1.40. The lowest BCUT2D eigenvalue weighted by Gasteiger charge is -2.26. The number of carbonyl (C=O) groups excluding carboxylic acids is 1. The normalized spacial score (nSPS) is 14.6. The first-order valence-corrected chi connectivity index (χ1v) is 12.4. The van der Waals surface area contributed by atoms with Crippen molar-refractivity contribution in [2.45, 2.75) is 39.5 Å². The van der Waals surface area contributed by atoms with E-state index in [9.17, 15) is 9.18 Å². The van der Waals surface area contributed by atoms with E-state index in [1.54, 1.807) is 16.8 Å². The summed E-state index contributed by atoms with van der Waals surface area (Å²) in [5, 5.41) is 7.71. The number of ether oxygens (including phenoxy) is 2. The van der Waals surface area contributed by atoms with Gasteiger partial charge in [0.05, 0.1) is 31.0 Å². The Labute approximate surface area is 212 Å². The van der Waals surface area contributed by atoms with Crippen LogP contribution in [0.1, 0.15) is 37.6 Å². The molecule has 1 fully saturated rings. The minimum atomic E-state index is -0.470. The predicted molar refractivity (Wildman–Crippen MR) is 138 cm³/mol. The number of nitrogens with zero attached hydrogens (tertiary/aromatic N) is 3. The zero-order valence-corrected chi connectivity index (χ0v) is 21.5. The molecular formula is C28H35FN4O3. The van der Waals surface area contributed by atoms with E-state index in [-0.39, 0.29) is 23.5 Å². The summed E-state index contributed by atoms with van der Waals surface area (Å²) in [4.78, 5) is 15.1. The lowest BCUT2D eigenvalue weighted by Crippen LogP contribution is -2.38. The summed E-state index contributed by atoms with van der Waals surface area (Å²) in [6.07, 6.45) is 0.0366. The van der Waals surface area contributed by atoms with Crippen molar-refractivity contribution in [1.29, 1.82) is 0 Å². The smallest absolute Gasteiger partial charge is 0.229 e. The second-order valence-corrected chi connectivity index (χ2v) is 10.2. The van der Waals surface area contributed by atoms with Crippen LogP contribution in [-0.4, -0.2) is 60.0 Å². The van der Waals surface area contributed by atoms with Gasteiger partial charge in [0.15, 0.2) is 11.6 Å². The van der Waals surface area contributed by atoms with Crippen molar-refractivity contribution < 1.29 is 18.7 Å². The molecule has 0 unspecified atom stereocenters. The number of halogens is 1. The van der Waals surface area contributed by atoms with Gasteiger partial charge in [0.2, 0.25) is 5.91 Å². The lowest BCUT2D eigenvalue weighted by molar-refractivity contribution is -0.115. The van der Waals surface area contributed by atoms with Crippen molar-refractivity contribution in [1.82, 2.24) is 14.7 Å². The van der Waals surface area contributed by atoms with Gasteiger partial charge in [-0.2, -0.15) is 5.10 Å². The van der Waals surface area contributed by atoms with Gasteiger partial charge in [-0.25, -0.2) is 9.07 Å². The predicted octanol–water partition coefficient (Wildman–Crippen LogP) is 4.51. The first kappa shape index (κ1) is 25.9. The second kappa shape index (κ2) is 11.2. The molecule has 0 atom stereocenters. The van der Waals surface area contributed by atoms with Gasteiger partial charge < -0.3 is 14.8 Å². The Morgan fingerprint density at radius 2 is 1.83 bits per heavy atom. The van der Waals surface area contributed by atoms with Crippen LogP contribution in [0, 0.1) is 12.7 Å². The SMILES string of the molecule is Cc1ccc(-n2nc(C(C)(C)C)cc2NC(=O)Cc2ccc(OCCN3CCOCC3)c(F)c2)cc1. The molecule has 1 saturated heterocycles. The van der Waals surface area contributed by atoms with Crippen molar-refractivity contribution in [2.24, 2.45) is 0 Å². The first-order chi connectivity index (χ1) is 17.2. The molecule has 36 heavy (non-hydrogen) atoms. The standard InChI is InChI=1S/C28H35FN4O3/c1-20-5-8-22(9-6-20)33-26(19-25(31-33)28(2,3)4)30-27(34)18-21-7-10-24(23(29)17-21)36-16-13-32-11-14-35-15-12-32/h5-10,17,19H,11-16,18H2,1-4H3,(H,30,34). The molecular weight excluding hydrogens is 459 g/mol. The fourth-order valence-corrected chi connectivity index (χ4v) is 3.97. The van der Waals surface area contributed by atoms with Crippen LogP contribution in [0.25, 0.3) is 5.69 Å². The number of aryl methyl sites for hydroxylation is 1. The average molecular weight is 495 g/mol. The lowest BCUT2D eigenvalue weighted by atomic mass is 9.92. The Kier molecular flexibility index (Phi) is 8.06. The van der Waals surface area contributed by atoms with Crippen LogP contribution in [0.2, 0.25) is 0 Å². The largest absolute Gasteiger partial charge is 0.489 e. The van der Waals surface area contributed by atoms with Gasteiger partial charge in [0.25, 0.3) is 0 Å². The minimum Gasteiger partial charge on any atom is -0.489 e. The molecule has 0 radical (unpaired) electrons. The maximum Gasteiger partial charge on any atom is 0.229 e. The van der Waals surface area contributed by atoms with E-state index in [0.29, 0.717) is 31.2 Å². The topological polar surface area (TPSA) is 68.6 Å². The molecule has 1 aliphatic rings.